The van der Waals surface area contributed by atoms with Gasteiger partial charge in [-0.3, -0.25) is 0 Å². The number of hydrogen-bond acceptors (Lipinski definition) is 1. The van der Waals surface area contributed by atoms with Gasteiger partial charge < -0.3 is 16.4 Å². The Labute approximate surface area is 213 Å². The molecule has 1 N–H and O–H groups in total. The average Bonchev–Trinajstić information content (AvgIpc) is 2.66. The summed E-state index contributed by atoms with van der Waals surface area (Å²) in [7, 11) is -1.37. The van der Waals surface area contributed by atoms with Crippen LogP contribution < -0.4 is 10.6 Å². The smallest absolute Gasteiger partial charge is 0.0777 e. The maximum absolute atomic E-state index is 6.25. The molecule has 2 aromatic carbocycles. The van der Waals surface area contributed by atoms with E-state index in [0.717, 1.165) is 0 Å². The summed E-state index contributed by atoms with van der Waals surface area (Å²) in [4.78, 5) is 0. The van der Waals surface area contributed by atoms with Crippen molar-refractivity contribution in [3.63, 3.8) is 0 Å². The van der Waals surface area contributed by atoms with E-state index in [1.807, 2.05) is 0 Å². The van der Waals surface area contributed by atoms with Gasteiger partial charge in [-0.25, -0.2) is 0 Å². The fourth-order valence-corrected chi connectivity index (χ4v) is 11.5. The van der Waals surface area contributed by atoms with E-state index in [-0.39, 0.29) is 20.1 Å². The Morgan fingerprint density at radius 3 is 1.16 bits per heavy atom. The Morgan fingerprint density at radius 2 is 0.906 bits per heavy atom. The van der Waals surface area contributed by atoms with Crippen molar-refractivity contribution < 1.29 is 20.1 Å². The predicted octanol–water partition coefficient (Wildman–Crippen LogP) is 8.54. The molecule has 0 aromatic heterocycles. The van der Waals surface area contributed by atoms with E-state index in [1.165, 1.54) is 33.1 Å². The van der Waals surface area contributed by atoms with Crippen LogP contribution in [0.25, 0.3) is 10.8 Å². The van der Waals surface area contributed by atoms with E-state index < -0.39 is 15.8 Å². The Morgan fingerprint density at radius 1 is 0.625 bits per heavy atom. The summed E-state index contributed by atoms with van der Waals surface area (Å²) in [6.07, 6.45) is 0. The van der Waals surface area contributed by atoms with Crippen molar-refractivity contribution in [1.29, 1.82) is 5.53 Å². The molecule has 2 rings (SSSR count). The number of rotatable bonds is 8. The van der Waals surface area contributed by atoms with Crippen molar-refractivity contribution in [2.45, 2.75) is 91.9 Å². The van der Waals surface area contributed by atoms with E-state index in [9.17, 15) is 0 Å². The maximum atomic E-state index is 6.25. The Balaban J connectivity index is 0.00000311. The molecule has 0 aliphatic carbocycles. The fraction of sp³-hybridized carbons (Fsp3) is 0.538. The van der Waals surface area contributed by atoms with Crippen LogP contribution >= 0.6 is 15.8 Å². The van der Waals surface area contributed by atoms with Crippen LogP contribution in [0.1, 0.15) is 66.5 Å². The summed E-state index contributed by atoms with van der Waals surface area (Å²) in [6, 6.07) is 13.8. The molecule has 181 valence electrons. The second-order valence-corrected chi connectivity index (χ2v) is 17.2. The summed E-state index contributed by atoms with van der Waals surface area (Å²) >= 11 is 0. The van der Waals surface area contributed by atoms with Crippen molar-refractivity contribution in [2.24, 2.45) is 0 Å². The van der Waals surface area contributed by atoms with Gasteiger partial charge in [0.15, 0.2) is 0 Å². The normalized spacial score (nSPS) is 11.2. The first-order valence-electron chi connectivity index (χ1n) is 11.4. The molecule has 0 atom stereocenters. The van der Waals surface area contributed by atoms with Crippen molar-refractivity contribution in [1.82, 2.24) is 0 Å². The van der Waals surface area contributed by atoms with Crippen molar-refractivity contribution >= 4 is 37.8 Å². The molecule has 0 heterocycles. The summed E-state index contributed by atoms with van der Waals surface area (Å²) in [6.45, 7) is 23.5. The van der Waals surface area contributed by atoms with Crippen molar-refractivity contribution in [3.05, 3.63) is 58.4 Å². The van der Waals surface area contributed by atoms with Crippen LogP contribution in [0.2, 0.25) is 0 Å². The monoisotopic (exact) mass is 652 g/mol. The molecule has 3 nitrogen and oxygen atoms in total. The van der Waals surface area contributed by atoms with Gasteiger partial charge in [0.25, 0.3) is 0 Å². The van der Waals surface area contributed by atoms with Crippen LogP contribution in [0.5, 0.6) is 0 Å². The first-order valence-corrected chi connectivity index (χ1v) is 14.7. The third-order valence-corrected chi connectivity index (χ3v) is 12.7. The summed E-state index contributed by atoms with van der Waals surface area (Å²) < 4.78 is 0. The predicted molar refractivity (Wildman–Crippen MR) is 148 cm³/mol. The van der Waals surface area contributed by atoms with Crippen LogP contribution in [-0.4, -0.2) is 22.6 Å². The molecule has 0 bridgehead atoms. The Hall–Kier alpha value is -0.651. The zero-order valence-electron chi connectivity index (χ0n) is 21.5. The Bertz CT molecular complexity index is 754. The SMILES string of the molecule is Cc1ccc([N-]c2ccc(C)cc2[PH+](C(C)C)C(C)C)c([PH+](C(C)C)C(C)C)c1.[Ir].[N-]=N. The number of aryl methyl sites for hydroxylation is 2. The molecule has 6 heteroatoms. The van der Waals surface area contributed by atoms with E-state index in [0.29, 0.717) is 22.6 Å². The molecular weight excluding hydrogens is 608 g/mol. The van der Waals surface area contributed by atoms with Crippen LogP contribution in [0.15, 0.2) is 36.4 Å². The van der Waals surface area contributed by atoms with Gasteiger partial charge in [0, 0.05) is 35.9 Å². The number of benzene rings is 2. The van der Waals surface area contributed by atoms with Crippen LogP contribution in [0.4, 0.5) is 11.4 Å². The minimum atomic E-state index is -0.685. The second-order valence-electron chi connectivity index (χ2n) is 9.68. The number of nitrogens with one attached hydrogen (secondary N) is 1. The van der Waals surface area contributed by atoms with Gasteiger partial charge in [0.2, 0.25) is 0 Å². The number of hydrogen-bond donors (Lipinski definition) is 1. The number of nitrogens with zero attached hydrogens (tertiary/aromatic N) is 2. The van der Waals surface area contributed by atoms with Crippen molar-refractivity contribution in [3.8, 4) is 0 Å². The van der Waals surface area contributed by atoms with Gasteiger partial charge in [0.1, 0.15) is 0 Å². The van der Waals surface area contributed by atoms with E-state index in [4.69, 9.17) is 16.4 Å². The molecule has 0 saturated heterocycles. The van der Waals surface area contributed by atoms with Crippen LogP contribution in [0, 0.1) is 19.4 Å². The second kappa shape index (κ2) is 14.6. The van der Waals surface area contributed by atoms with Gasteiger partial charge >= 0.3 is 0 Å². The van der Waals surface area contributed by atoms with Gasteiger partial charge in [0.05, 0.1) is 33.2 Å². The minimum absolute atomic E-state index is 0. The quantitative estimate of drug-likeness (QED) is 0.220. The third kappa shape index (κ3) is 8.29. The Kier molecular flexibility index (Phi) is 14.3. The largest absolute Gasteiger partial charge is 0.715 e. The molecule has 32 heavy (non-hydrogen) atoms. The van der Waals surface area contributed by atoms with Crippen LogP contribution in [0.3, 0.4) is 0 Å². The molecule has 1 radical (unpaired) electrons. The molecule has 0 saturated carbocycles. The fourth-order valence-electron chi connectivity index (χ4n) is 4.66. The van der Waals surface area contributed by atoms with Gasteiger partial charge in [-0.1, -0.05) is 35.6 Å². The summed E-state index contributed by atoms with van der Waals surface area (Å²) in [5.41, 5.74) is 18.9. The molecule has 0 fully saturated rings. The zero-order chi connectivity index (χ0) is 23.9. The van der Waals surface area contributed by atoms with Crippen LogP contribution in [-0.2, 0) is 20.1 Å². The first kappa shape index (κ1) is 31.3. The van der Waals surface area contributed by atoms with Gasteiger partial charge in [-0.05, 0) is 92.5 Å². The standard InChI is InChI=1S/C26H40NP2.Ir.HN2/c1-17(2)28(18(3)4)25-15-21(9)11-13-23(25)27-24-14-12-22(10)16-26(24)29(19(5)6)20(7)8;;1-2/h11-20H,1-10H3;;1H/q-1;;-1/p+2. The van der Waals surface area contributed by atoms with Crippen molar-refractivity contribution in [2.75, 3.05) is 0 Å². The first-order chi connectivity index (χ1) is 14.5. The maximum Gasteiger partial charge on any atom is 0.0777 e. The molecular formula is C26H43IrN3P2. The topological polar surface area (TPSA) is 60.3 Å². The van der Waals surface area contributed by atoms with E-state index in [1.54, 1.807) is 0 Å². The molecule has 0 aliphatic rings. The molecule has 2 aromatic rings. The van der Waals surface area contributed by atoms with Gasteiger partial charge in [-0.2, -0.15) is 0 Å². The zero-order valence-corrected chi connectivity index (χ0v) is 25.9. The third-order valence-electron chi connectivity index (χ3n) is 5.66. The average molecular weight is 652 g/mol. The minimum Gasteiger partial charge on any atom is -0.715 e. The van der Waals surface area contributed by atoms with E-state index in [2.05, 4.69) is 106 Å². The molecule has 0 amide bonds. The summed E-state index contributed by atoms with van der Waals surface area (Å²) in [5.74, 6) is 0. The summed E-state index contributed by atoms with van der Waals surface area (Å²) in [5, 5.41) is 8.36. The molecule has 0 unspecified atom stereocenters. The molecule has 0 aliphatic heterocycles. The van der Waals surface area contributed by atoms with E-state index >= 15 is 0 Å². The van der Waals surface area contributed by atoms with Gasteiger partial charge in [-0.15, -0.1) is 0 Å². The molecule has 0 spiro atoms.